The molecule has 0 aromatic carbocycles. The standard InChI is InChI=1S/C15H14F4N4O2/c1-14(2,25)9-7(5-22-12(20)10(9)16)6-3-4-8(15(17,18)19)23-11(6)13(21)24/h3-5,25H,1-2H3,(H2,20,22)(H2,21,24). The van der Waals surface area contributed by atoms with Gasteiger partial charge < -0.3 is 16.6 Å². The predicted octanol–water partition coefficient (Wildman–Crippen LogP) is 2.21. The number of alkyl halides is 3. The van der Waals surface area contributed by atoms with E-state index in [1.54, 1.807) is 0 Å². The van der Waals surface area contributed by atoms with Crippen molar-refractivity contribution in [3.8, 4) is 11.1 Å². The van der Waals surface area contributed by atoms with E-state index in [1.165, 1.54) is 13.8 Å². The summed E-state index contributed by atoms with van der Waals surface area (Å²) in [5, 5.41) is 10.2. The molecule has 6 nitrogen and oxygen atoms in total. The number of nitrogens with two attached hydrogens (primary N) is 2. The SMILES string of the molecule is CC(C)(O)c1c(-c2ccc(C(F)(F)F)nc2C(N)=O)cnc(N)c1F. The molecule has 134 valence electrons. The predicted molar refractivity (Wildman–Crippen MR) is 80.6 cm³/mol. The summed E-state index contributed by atoms with van der Waals surface area (Å²) in [6.07, 6.45) is -3.77. The minimum atomic E-state index is -4.80. The van der Waals surface area contributed by atoms with Crippen LogP contribution in [-0.2, 0) is 11.8 Å². The molecule has 0 aliphatic rings. The van der Waals surface area contributed by atoms with Gasteiger partial charge in [0, 0.05) is 22.9 Å². The maximum Gasteiger partial charge on any atom is 0.433 e. The zero-order chi connectivity index (χ0) is 19.2. The Morgan fingerprint density at radius 1 is 1.20 bits per heavy atom. The van der Waals surface area contributed by atoms with Crippen molar-refractivity contribution >= 4 is 11.7 Å². The van der Waals surface area contributed by atoms with Crippen LogP contribution in [0.1, 0.15) is 35.6 Å². The van der Waals surface area contributed by atoms with Crippen LogP contribution in [0.3, 0.4) is 0 Å². The van der Waals surface area contributed by atoms with Gasteiger partial charge in [-0.3, -0.25) is 4.79 Å². The van der Waals surface area contributed by atoms with E-state index in [4.69, 9.17) is 11.5 Å². The third-order valence-corrected chi connectivity index (χ3v) is 3.37. The van der Waals surface area contributed by atoms with Crippen molar-refractivity contribution < 1.29 is 27.5 Å². The van der Waals surface area contributed by atoms with Crippen molar-refractivity contribution in [3.63, 3.8) is 0 Å². The van der Waals surface area contributed by atoms with Crippen molar-refractivity contribution in [2.75, 3.05) is 5.73 Å². The number of aromatic nitrogens is 2. The molecule has 0 radical (unpaired) electrons. The number of nitrogens with zero attached hydrogens (tertiary/aromatic N) is 2. The van der Waals surface area contributed by atoms with Crippen LogP contribution in [-0.4, -0.2) is 21.0 Å². The van der Waals surface area contributed by atoms with E-state index in [1.807, 2.05) is 0 Å². The molecule has 0 aliphatic carbocycles. The summed E-state index contributed by atoms with van der Waals surface area (Å²) >= 11 is 0. The number of amides is 1. The highest BCUT2D eigenvalue weighted by atomic mass is 19.4. The first-order valence-corrected chi connectivity index (χ1v) is 6.89. The number of anilines is 1. The van der Waals surface area contributed by atoms with Crippen molar-refractivity contribution in [1.29, 1.82) is 0 Å². The minimum Gasteiger partial charge on any atom is -0.386 e. The molecule has 0 atom stereocenters. The fourth-order valence-electron chi connectivity index (χ4n) is 2.33. The number of primary amides is 1. The average molecular weight is 358 g/mol. The van der Waals surface area contributed by atoms with E-state index < -0.39 is 40.7 Å². The van der Waals surface area contributed by atoms with Crippen LogP contribution >= 0.6 is 0 Å². The molecule has 2 rings (SSSR count). The first kappa shape index (κ1) is 18.6. The highest BCUT2D eigenvalue weighted by molar-refractivity contribution is 5.98. The Bertz CT molecular complexity index is 845. The normalized spacial score (nSPS) is 12.3. The molecule has 1 amide bonds. The molecule has 0 bridgehead atoms. The van der Waals surface area contributed by atoms with Crippen LogP contribution in [0.4, 0.5) is 23.4 Å². The smallest absolute Gasteiger partial charge is 0.386 e. The number of pyridine rings is 2. The maximum absolute atomic E-state index is 14.4. The first-order valence-electron chi connectivity index (χ1n) is 6.89. The molecule has 2 heterocycles. The van der Waals surface area contributed by atoms with Crippen molar-refractivity contribution in [3.05, 3.63) is 41.1 Å². The van der Waals surface area contributed by atoms with Gasteiger partial charge >= 0.3 is 6.18 Å². The Labute approximate surface area is 139 Å². The zero-order valence-electron chi connectivity index (χ0n) is 13.1. The summed E-state index contributed by atoms with van der Waals surface area (Å²) in [5.41, 5.74) is 5.98. The topological polar surface area (TPSA) is 115 Å². The zero-order valence-corrected chi connectivity index (χ0v) is 13.1. The summed E-state index contributed by atoms with van der Waals surface area (Å²) in [4.78, 5) is 18.4. The van der Waals surface area contributed by atoms with Crippen molar-refractivity contribution in [2.24, 2.45) is 5.73 Å². The van der Waals surface area contributed by atoms with E-state index >= 15 is 0 Å². The van der Waals surface area contributed by atoms with Gasteiger partial charge in [0.2, 0.25) is 0 Å². The Morgan fingerprint density at radius 2 is 1.80 bits per heavy atom. The molecule has 0 aliphatic heterocycles. The number of carbonyl (C=O) groups excluding carboxylic acids is 1. The third kappa shape index (κ3) is 3.53. The Hall–Kier alpha value is -2.75. The number of aliphatic hydroxyl groups is 1. The second kappa shape index (κ2) is 5.96. The molecular formula is C15H14F4N4O2. The lowest BCUT2D eigenvalue weighted by Crippen LogP contribution is -2.23. The summed E-state index contributed by atoms with van der Waals surface area (Å²) in [6, 6.07) is 1.53. The third-order valence-electron chi connectivity index (χ3n) is 3.37. The number of halogens is 4. The highest BCUT2D eigenvalue weighted by Crippen LogP contribution is 2.37. The first-order chi connectivity index (χ1) is 11.3. The van der Waals surface area contributed by atoms with Gasteiger partial charge in [-0.25, -0.2) is 14.4 Å². The van der Waals surface area contributed by atoms with Crippen molar-refractivity contribution in [1.82, 2.24) is 9.97 Å². The second-order valence-electron chi connectivity index (χ2n) is 5.76. The van der Waals surface area contributed by atoms with Gasteiger partial charge in [-0.2, -0.15) is 13.2 Å². The lowest BCUT2D eigenvalue weighted by atomic mass is 9.89. The second-order valence-corrected chi connectivity index (χ2v) is 5.76. The van der Waals surface area contributed by atoms with Crippen LogP contribution in [0.15, 0.2) is 18.3 Å². The fraction of sp³-hybridized carbons (Fsp3) is 0.267. The summed E-state index contributed by atoms with van der Waals surface area (Å²) in [6.45, 7) is 2.49. The quantitative estimate of drug-likeness (QED) is 0.728. The molecule has 25 heavy (non-hydrogen) atoms. The lowest BCUT2D eigenvalue weighted by Gasteiger charge is -2.23. The summed E-state index contributed by atoms with van der Waals surface area (Å²) < 4.78 is 52.8. The fourth-order valence-corrected chi connectivity index (χ4v) is 2.33. The summed E-state index contributed by atoms with van der Waals surface area (Å²) in [7, 11) is 0. The Kier molecular flexibility index (Phi) is 4.43. The van der Waals surface area contributed by atoms with Crippen LogP contribution in [0.5, 0.6) is 0 Å². The van der Waals surface area contributed by atoms with E-state index in [0.29, 0.717) is 6.07 Å². The largest absolute Gasteiger partial charge is 0.433 e. The van der Waals surface area contributed by atoms with E-state index in [-0.39, 0.29) is 16.7 Å². The van der Waals surface area contributed by atoms with Gasteiger partial charge in [0.15, 0.2) is 11.6 Å². The summed E-state index contributed by atoms with van der Waals surface area (Å²) in [5.74, 6) is -2.82. The average Bonchev–Trinajstić information content (AvgIpc) is 2.47. The van der Waals surface area contributed by atoms with Gasteiger partial charge in [0.25, 0.3) is 5.91 Å². The maximum atomic E-state index is 14.4. The van der Waals surface area contributed by atoms with Gasteiger partial charge in [0.1, 0.15) is 11.4 Å². The minimum absolute atomic E-state index is 0.144. The van der Waals surface area contributed by atoms with Crippen molar-refractivity contribution in [2.45, 2.75) is 25.6 Å². The Morgan fingerprint density at radius 3 is 2.28 bits per heavy atom. The monoisotopic (exact) mass is 358 g/mol. The number of nitrogen functional groups attached to an aromatic ring is 1. The molecule has 0 saturated heterocycles. The van der Waals surface area contributed by atoms with E-state index in [9.17, 15) is 27.5 Å². The van der Waals surface area contributed by atoms with E-state index in [0.717, 1.165) is 12.3 Å². The van der Waals surface area contributed by atoms with Crippen LogP contribution in [0, 0.1) is 5.82 Å². The van der Waals surface area contributed by atoms with Crippen LogP contribution < -0.4 is 11.5 Å². The lowest BCUT2D eigenvalue weighted by molar-refractivity contribution is -0.141. The van der Waals surface area contributed by atoms with Crippen LogP contribution in [0.25, 0.3) is 11.1 Å². The van der Waals surface area contributed by atoms with Crippen LogP contribution in [0.2, 0.25) is 0 Å². The van der Waals surface area contributed by atoms with E-state index in [2.05, 4.69) is 9.97 Å². The number of hydrogen-bond acceptors (Lipinski definition) is 5. The molecule has 2 aromatic rings. The molecule has 0 unspecified atom stereocenters. The molecule has 0 spiro atoms. The Balaban J connectivity index is 2.84. The molecular weight excluding hydrogens is 344 g/mol. The number of hydrogen-bond donors (Lipinski definition) is 3. The van der Waals surface area contributed by atoms with Gasteiger partial charge in [-0.15, -0.1) is 0 Å². The van der Waals surface area contributed by atoms with Gasteiger partial charge in [0.05, 0.1) is 5.60 Å². The highest BCUT2D eigenvalue weighted by Gasteiger charge is 2.35. The number of carbonyl (C=O) groups is 1. The molecule has 10 heteroatoms. The number of rotatable bonds is 3. The molecule has 2 aromatic heterocycles. The molecule has 0 saturated carbocycles. The van der Waals surface area contributed by atoms with Gasteiger partial charge in [-0.1, -0.05) is 0 Å². The molecule has 0 fully saturated rings. The molecule has 5 N–H and O–H groups in total. The van der Waals surface area contributed by atoms with Gasteiger partial charge in [-0.05, 0) is 26.0 Å².